The zero-order valence-corrected chi connectivity index (χ0v) is 16.7. The molecule has 0 aliphatic carbocycles. The average Bonchev–Trinajstić information content (AvgIpc) is 3.27. The van der Waals surface area contributed by atoms with Crippen LogP contribution < -0.4 is 10.6 Å². The Morgan fingerprint density at radius 1 is 1.07 bits per heavy atom. The van der Waals surface area contributed by atoms with E-state index in [1.54, 1.807) is 4.68 Å². The van der Waals surface area contributed by atoms with E-state index in [1.165, 1.54) is 0 Å². The predicted octanol–water partition coefficient (Wildman–Crippen LogP) is 2.68. The van der Waals surface area contributed by atoms with Crippen molar-refractivity contribution in [2.75, 3.05) is 18.4 Å². The molecule has 148 valence electrons. The normalized spacial score (nSPS) is 11.0. The third kappa shape index (κ3) is 4.11. The molecule has 1 amide bonds. The van der Waals surface area contributed by atoms with E-state index < -0.39 is 0 Å². The Hall–Kier alpha value is -3.68. The number of aryl methyl sites for hydroxylation is 3. The van der Waals surface area contributed by atoms with Gasteiger partial charge in [0.05, 0.1) is 11.3 Å². The van der Waals surface area contributed by atoms with Crippen LogP contribution in [0.15, 0.2) is 48.8 Å². The molecule has 0 aliphatic rings. The largest absolute Gasteiger partial charge is 0.368 e. The molecule has 4 aromatic heterocycles. The molecule has 8 nitrogen and oxygen atoms in total. The summed E-state index contributed by atoms with van der Waals surface area (Å²) in [4.78, 5) is 21.3. The van der Waals surface area contributed by atoms with Crippen LogP contribution in [0.1, 0.15) is 27.6 Å². The minimum Gasteiger partial charge on any atom is -0.368 e. The maximum atomic E-state index is 12.4. The number of rotatable bonds is 6. The van der Waals surface area contributed by atoms with Crippen molar-refractivity contribution in [3.8, 4) is 5.82 Å². The molecule has 4 heterocycles. The molecule has 4 rings (SSSR count). The highest BCUT2D eigenvalue weighted by atomic mass is 16.1. The third-order valence-corrected chi connectivity index (χ3v) is 4.53. The van der Waals surface area contributed by atoms with E-state index in [0.29, 0.717) is 30.3 Å². The lowest BCUT2D eigenvalue weighted by Gasteiger charge is -2.10. The van der Waals surface area contributed by atoms with Gasteiger partial charge in [0.15, 0.2) is 5.82 Å². The van der Waals surface area contributed by atoms with Gasteiger partial charge in [0.2, 0.25) is 0 Å². The first-order chi connectivity index (χ1) is 14.0. The van der Waals surface area contributed by atoms with E-state index in [2.05, 4.69) is 25.7 Å². The number of nitrogens with one attached hydrogen (secondary N) is 2. The molecule has 0 fully saturated rings. The Bertz CT molecular complexity index is 1140. The van der Waals surface area contributed by atoms with Crippen LogP contribution in [0.3, 0.4) is 0 Å². The highest BCUT2D eigenvalue weighted by Gasteiger charge is 2.10. The molecule has 8 heteroatoms. The molecule has 29 heavy (non-hydrogen) atoms. The monoisotopic (exact) mass is 389 g/mol. The summed E-state index contributed by atoms with van der Waals surface area (Å²) in [7, 11) is 0. The van der Waals surface area contributed by atoms with Gasteiger partial charge in [-0.15, -0.1) is 0 Å². The van der Waals surface area contributed by atoms with Crippen LogP contribution >= 0.6 is 0 Å². The second kappa shape index (κ2) is 7.75. The molecule has 4 aromatic rings. The summed E-state index contributed by atoms with van der Waals surface area (Å²) in [5.74, 6) is 1.97. The summed E-state index contributed by atoms with van der Waals surface area (Å²) in [6.45, 7) is 6.81. The van der Waals surface area contributed by atoms with Crippen molar-refractivity contribution in [2.45, 2.75) is 20.8 Å². The lowest BCUT2D eigenvalue weighted by molar-refractivity contribution is 0.0955. The second-order valence-electron chi connectivity index (χ2n) is 6.94. The van der Waals surface area contributed by atoms with Crippen molar-refractivity contribution < 1.29 is 4.79 Å². The zero-order chi connectivity index (χ0) is 20.4. The molecule has 0 radical (unpaired) electrons. The van der Waals surface area contributed by atoms with Crippen molar-refractivity contribution >= 4 is 17.2 Å². The molecule has 0 spiro atoms. The molecule has 0 saturated carbocycles. The first-order valence-corrected chi connectivity index (χ1v) is 9.48. The van der Waals surface area contributed by atoms with Crippen molar-refractivity contribution in [1.29, 1.82) is 0 Å². The average molecular weight is 389 g/mol. The van der Waals surface area contributed by atoms with E-state index in [-0.39, 0.29) is 5.91 Å². The number of hydrogen-bond donors (Lipinski definition) is 2. The number of fused-ring (bicyclic) bond motifs is 1. The van der Waals surface area contributed by atoms with Gasteiger partial charge in [-0.2, -0.15) is 5.10 Å². The fourth-order valence-electron chi connectivity index (χ4n) is 3.26. The quantitative estimate of drug-likeness (QED) is 0.495. The Morgan fingerprint density at radius 2 is 1.93 bits per heavy atom. The van der Waals surface area contributed by atoms with Crippen LogP contribution in [0.5, 0.6) is 0 Å². The summed E-state index contributed by atoms with van der Waals surface area (Å²) in [5, 5.41) is 10.6. The van der Waals surface area contributed by atoms with E-state index in [1.807, 2.05) is 74.0 Å². The Morgan fingerprint density at radius 3 is 2.69 bits per heavy atom. The first-order valence-electron chi connectivity index (χ1n) is 9.48. The van der Waals surface area contributed by atoms with Gasteiger partial charge in [0, 0.05) is 42.8 Å². The molecule has 0 unspecified atom stereocenters. The minimum absolute atomic E-state index is 0.0994. The molecule has 0 bridgehead atoms. The van der Waals surface area contributed by atoms with Crippen molar-refractivity contribution in [2.24, 2.45) is 0 Å². The van der Waals surface area contributed by atoms with Crippen LogP contribution in [0.25, 0.3) is 11.3 Å². The fraction of sp³-hybridized carbons (Fsp3) is 0.238. The van der Waals surface area contributed by atoms with Crippen LogP contribution in [0.2, 0.25) is 0 Å². The molecule has 0 atom stereocenters. The van der Waals surface area contributed by atoms with Crippen LogP contribution in [-0.2, 0) is 0 Å². The smallest absolute Gasteiger partial charge is 0.252 e. The van der Waals surface area contributed by atoms with E-state index >= 15 is 0 Å². The SMILES string of the molecule is Cc1cc(C)n(-c2cc(NCCNC(=O)c3cc4ccccn4c3)nc(C)n2)n1. The van der Waals surface area contributed by atoms with Gasteiger partial charge in [-0.3, -0.25) is 4.79 Å². The summed E-state index contributed by atoms with van der Waals surface area (Å²) in [6.07, 6.45) is 3.75. The van der Waals surface area contributed by atoms with Gasteiger partial charge in [-0.1, -0.05) is 6.07 Å². The van der Waals surface area contributed by atoms with Gasteiger partial charge in [0.25, 0.3) is 5.91 Å². The van der Waals surface area contributed by atoms with Crippen LogP contribution in [0, 0.1) is 20.8 Å². The Balaban J connectivity index is 1.37. The fourth-order valence-corrected chi connectivity index (χ4v) is 3.26. The molecule has 0 aliphatic heterocycles. The highest BCUT2D eigenvalue weighted by molar-refractivity contribution is 5.95. The molecule has 2 N–H and O–H groups in total. The van der Waals surface area contributed by atoms with E-state index in [9.17, 15) is 4.79 Å². The summed E-state index contributed by atoms with van der Waals surface area (Å²) < 4.78 is 3.73. The van der Waals surface area contributed by atoms with Gasteiger partial charge in [-0.05, 0) is 45.0 Å². The number of carbonyl (C=O) groups excluding carboxylic acids is 1. The maximum absolute atomic E-state index is 12.4. The van der Waals surface area contributed by atoms with Gasteiger partial charge < -0.3 is 15.0 Å². The highest BCUT2D eigenvalue weighted by Crippen LogP contribution is 2.14. The molecule has 0 saturated heterocycles. The van der Waals surface area contributed by atoms with Crippen molar-refractivity contribution in [3.05, 3.63) is 71.6 Å². The number of pyridine rings is 1. The standard InChI is InChI=1S/C21H23N7O/c1-14-10-15(2)28(26-14)20-12-19(24-16(3)25-20)22-7-8-23-21(29)17-11-18-6-4-5-9-27(18)13-17/h4-6,9-13H,7-8H2,1-3H3,(H,23,29)(H,22,24,25). The summed E-state index contributed by atoms with van der Waals surface area (Å²) in [5.41, 5.74) is 3.58. The van der Waals surface area contributed by atoms with E-state index in [0.717, 1.165) is 22.7 Å². The lowest BCUT2D eigenvalue weighted by atomic mass is 10.3. The molecule has 0 aromatic carbocycles. The Labute approximate surface area is 168 Å². The minimum atomic E-state index is -0.0994. The number of aromatic nitrogens is 5. The summed E-state index contributed by atoms with van der Waals surface area (Å²) >= 11 is 0. The van der Waals surface area contributed by atoms with Gasteiger partial charge >= 0.3 is 0 Å². The number of amides is 1. The molecular formula is C21H23N7O. The van der Waals surface area contributed by atoms with Gasteiger partial charge in [0.1, 0.15) is 11.6 Å². The second-order valence-corrected chi connectivity index (χ2v) is 6.94. The zero-order valence-electron chi connectivity index (χ0n) is 16.7. The van der Waals surface area contributed by atoms with Crippen molar-refractivity contribution in [3.63, 3.8) is 0 Å². The summed E-state index contributed by atoms with van der Waals surface area (Å²) in [6, 6.07) is 11.6. The lowest BCUT2D eigenvalue weighted by Crippen LogP contribution is -2.28. The number of hydrogen-bond acceptors (Lipinski definition) is 5. The van der Waals surface area contributed by atoms with Crippen LogP contribution in [-0.4, -0.2) is 43.1 Å². The number of carbonyl (C=O) groups is 1. The maximum Gasteiger partial charge on any atom is 0.252 e. The number of anilines is 1. The van der Waals surface area contributed by atoms with E-state index in [4.69, 9.17) is 0 Å². The first kappa shape index (κ1) is 18.7. The van der Waals surface area contributed by atoms with Crippen molar-refractivity contribution in [1.82, 2.24) is 29.5 Å². The van der Waals surface area contributed by atoms with Gasteiger partial charge in [-0.25, -0.2) is 14.6 Å². The number of nitrogens with zero attached hydrogens (tertiary/aromatic N) is 5. The predicted molar refractivity (Wildman–Crippen MR) is 112 cm³/mol. The Kier molecular flexibility index (Phi) is 4.99. The third-order valence-electron chi connectivity index (χ3n) is 4.53. The van der Waals surface area contributed by atoms with Crippen LogP contribution in [0.4, 0.5) is 5.82 Å². The topological polar surface area (TPSA) is 89.1 Å². The molecular weight excluding hydrogens is 366 g/mol.